The third kappa shape index (κ3) is 6.01. The molecule has 5 rings (SSSR count). The molecule has 40 heavy (non-hydrogen) atoms. The van der Waals surface area contributed by atoms with Crippen LogP contribution in [0.3, 0.4) is 0 Å². The van der Waals surface area contributed by atoms with Crippen molar-refractivity contribution >= 4 is 22.8 Å². The van der Waals surface area contributed by atoms with Crippen molar-refractivity contribution in [2.24, 2.45) is 0 Å². The van der Waals surface area contributed by atoms with E-state index in [1.165, 1.54) is 12.1 Å². The predicted molar refractivity (Wildman–Crippen MR) is 148 cm³/mol. The van der Waals surface area contributed by atoms with Crippen molar-refractivity contribution in [3.05, 3.63) is 88.9 Å². The summed E-state index contributed by atoms with van der Waals surface area (Å²) in [6.45, 7) is 3.42. The van der Waals surface area contributed by atoms with Crippen molar-refractivity contribution < 1.29 is 18.0 Å². The van der Waals surface area contributed by atoms with E-state index < -0.39 is 17.8 Å². The molecule has 1 amide bonds. The summed E-state index contributed by atoms with van der Waals surface area (Å²) in [5, 5.41) is 2.52. The summed E-state index contributed by atoms with van der Waals surface area (Å²) in [6.07, 6.45) is -2.12. The molecule has 2 aromatic heterocycles. The summed E-state index contributed by atoms with van der Waals surface area (Å²) in [5.41, 5.74) is 2.51. The zero-order chi connectivity index (χ0) is 28.4. The number of likely N-dealkylation sites (N-methyl/N-ethyl adjacent to an activating group) is 1. The van der Waals surface area contributed by atoms with Gasteiger partial charge in [-0.05, 0) is 74.8 Å². The van der Waals surface area contributed by atoms with Gasteiger partial charge in [-0.2, -0.15) is 13.2 Å². The predicted octanol–water partition coefficient (Wildman–Crippen LogP) is 5.00. The molecule has 206 valence electrons. The minimum atomic E-state index is -4.65. The third-order valence-corrected chi connectivity index (χ3v) is 7.13. The van der Waals surface area contributed by atoms with Crippen LogP contribution in [-0.2, 0) is 12.7 Å². The number of nitrogens with zero attached hydrogens (tertiary/aromatic N) is 5. The van der Waals surface area contributed by atoms with Gasteiger partial charge >= 0.3 is 6.18 Å². The number of hydrogen-bond donors (Lipinski definition) is 1. The maximum atomic E-state index is 13.9. The molecule has 1 saturated heterocycles. The highest BCUT2D eigenvalue weighted by Gasteiger charge is 2.37. The number of nitrogens with one attached hydrogen (secondary N) is 1. The average molecular weight is 547 g/mol. The fourth-order valence-corrected chi connectivity index (χ4v) is 4.80. The molecule has 0 saturated carbocycles. The van der Waals surface area contributed by atoms with Gasteiger partial charge in [0.2, 0.25) is 0 Å². The number of halogens is 3. The molecule has 1 fully saturated rings. The number of hydrogen-bond acceptors (Lipinski definition) is 5. The van der Waals surface area contributed by atoms with E-state index in [1.54, 1.807) is 29.1 Å². The van der Waals surface area contributed by atoms with E-state index in [9.17, 15) is 18.0 Å². The van der Waals surface area contributed by atoms with Crippen molar-refractivity contribution in [2.75, 3.05) is 32.5 Å². The molecule has 1 aliphatic rings. The number of rotatable bonds is 5. The van der Waals surface area contributed by atoms with Gasteiger partial charge in [0, 0.05) is 42.8 Å². The molecule has 0 bridgehead atoms. The van der Waals surface area contributed by atoms with Crippen LogP contribution in [0.4, 0.5) is 19.0 Å². The zero-order valence-electron chi connectivity index (χ0n) is 22.5. The van der Waals surface area contributed by atoms with Gasteiger partial charge in [0.05, 0.1) is 11.0 Å². The van der Waals surface area contributed by atoms with Crippen LogP contribution in [-0.4, -0.2) is 63.5 Å². The van der Waals surface area contributed by atoms with Crippen molar-refractivity contribution in [1.29, 1.82) is 0 Å². The van der Waals surface area contributed by atoms with Crippen LogP contribution in [0, 0.1) is 18.9 Å². The number of para-hydroxylation sites is 2. The first kappa shape index (κ1) is 27.4. The summed E-state index contributed by atoms with van der Waals surface area (Å²) in [6, 6.07) is 18.7. The normalized spacial score (nSPS) is 15.8. The first-order valence-corrected chi connectivity index (χ1v) is 12.9. The summed E-state index contributed by atoms with van der Waals surface area (Å²) in [5.74, 6) is 2.34. The molecule has 1 atom stereocenters. The van der Waals surface area contributed by atoms with E-state index in [4.69, 9.17) is 0 Å². The standard InChI is InChI=1S/C30H29F3N6O/c1-20-8-9-22(16-21(20)12-15-39-19-34-25-6-4-5-7-26(25)39)29(40)36-27-11-10-23(28(35-27)30(31,32)33)17-38-14-13-24(18-38)37(2)3/h4-11,16,19,24H,13-14,17-18H2,1-3H3,(H,35,36,40). The number of carbonyl (C=O) groups is 1. The number of alkyl halides is 3. The van der Waals surface area contributed by atoms with Gasteiger partial charge in [0.25, 0.3) is 5.91 Å². The fraction of sp³-hybridized carbons (Fsp3) is 0.300. The zero-order valence-corrected chi connectivity index (χ0v) is 22.5. The summed E-state index contributed by atoms with van der Waals surface area (Å²) in [4.78, 5) is 25.2. The van der Waals surface area contributed by atoms with Crippen LogP contribution in [0.15, 0.2) is 60.9 Å². The van der Waals surface area contributed by atoms with Crippen LogP contribution >= 0.6 is 0 Å². The Hall–Kier alpha value is -4.20. The van der Waals surface area contributed by atoms with Crippen molar-refractivity contribution in [1.82, 2.24) is 24.3 Å². The van der Waals surface area contributed by atoms with Gasteiger partial charge in [-0.15, -0.1) is 0 Å². The third-order valence-electron chi connectivity index (χ3n) is 7.13. The van der Waals surface area contributed by atoms with Crippen LogP contribution in [0.5, 0.6) is 0 Å². The van der Waals surface area contributed by atoms with Gasteiger partial charge in [0.15, 0.2) is 5.69 Å². The maximum absolute atomic E-state index is 13.9. The van der Waals surface area contributed by atoms with Crippen LogP contribution < -0.4 is 5.32 Å². The molecular weight excluding hydrogens is 517 g/mol. The van der Waals surface area contributed by atoms with Crippen LogP contribution in [0.25, 0.3) is 11.0 Å². The SMILES string of the molecule is Cc1ccc(C(=O)Nc2ccc(CN3CCC(N(C)C)C3)c(C(F)(F)F)n2)cc1C#Cn1cnc2ccccc21. The van der Waals surface area contributed by atoms with E-state index in [0.717, 1.165) is 23.0 Å². The highest BCUT2D eigenvalue weighted by Crippen LogP contribution is 2.33. The molecule has 2 aromatic carbocycles. The minimum absolute atomic E-state index is 0.0878. The Bertz CT molecular complexity index is 1620. The van der Waals surface area contributed by atoms with Crippen LogP contribution in [0.1, 0.15) is 39.2 Å². The number of imidazole rings is 1. The van der Waals surface area contributed by atoms with E-state index in [-0.39, 0.29) is 23.5 Å². The molecule has 3 heterocycles. The Kier molecular flexibility index (Phi) is 7.61. The van der Waals surface area contributed by atoms with Gasteiger partial charge in [0.1, 0.15) is 12.1 Å². The number of carbonyl (C=O) groups excluding carboxylic acids is 1. The Balaban J connectivity index is 1.34. The largest absolute Gasteiger partial charge is 0.433 e. The number of pyridine rings is 1. The number of likely N-dealkylation sites (tertiary alicyclic amines) is 1. The van der Waals surface area contributed by atoms with Crippen LogP contribution in [0.2, 0.25) is 0 Å². The molecular formula is C30H29F3N6O. The van der Waals surface area contributed by atoms with Crippen molar-refractivity contribution in [3.63, 3.8) is 0 Å². The molecule has 4 aromatic rings. The fourth-order valence-electron chi connectivity index (χ4n) is 4.80. The Morgan fingerprint density at radius 2 is 1.95 bits per heavy atom. The number of anilines is 1. The maximum Gasteiger partial charge on any atom is 0.433 e. The van der Waals surface area contributed by atoms with E-state index in [0.29, 0.717) is 24.7 Å². The Labute approximate surface area is 230 Å². The number of aryl methyl sites for hydroxylation is 1. The quantitative estimate of drug-likeness (QED) is 0.357. The lowest BCUT2D eigenvalue weighted by Crippen LogP contribution is -2.31. The second-order valence-electron chi connectivity index (χ2n) is 10.2. The number of aromatic nitrogens is 3. The first-order valence-electron chi connectivity index (χ1n) is 12.9. The monoisotopic (exact) mass is 546 g/mol. The molecule has 7 nitrogen and oxygen atoms in total. The highest BCUT2D eigenvalue weighted by atomic mass is 19.4. The Morgan fingerprint density at radius 3 is 2.70 bits per heavy atom. The summed E-state index contributed by atoms with van der Waals surface area (Å²) < 4.78 is 43.5. The van der Waals surface area contributed by atoms with Crippen molar-refractivity contribution in [3.8, 4) is 12.0 Å². The van der Waals surface area contributed by atoms with Gasteiger partial charge < -0.3 is 10.2 Å². The molecule has 10 heteroatoms. The lowest BCUT2D eigenvalue weighted by atomic mass is 10.0. The number of benzene rings is 2. The van der Waals surface area contributed by atoms with Gasteiger partial charge in [-0.3, -0.25) is 14.3 Å². The lowest BCUT2D eigenvalue weighted by molar-refractivity contribution is -0.142. The van der Waals surface area contributed by atoms with E-state index in [2.05, 4.69) is 32.1 Å². The van der Waals surface area contributed by atoms with Gasteiger partial charge in [-0.25, -0.2) is 9.97 Å². The van der Waals surface area contributed by atoms with E-state index in [1.807, 2.05) is 50.2 Å². The van der Waals surface area contributed by atoms with Crippen molar-refractivity contribution in [2.45, 2.75) is 32.1 Å². The molecule has 0 radical (unpaired) electrons. The first-order chi connectivity index (χ1) is 19.1. The summed E-state index contributed by atoms with van der Waals surface area (Å²) in [7, 11) is 3.94. The molecule has 0 spiro atoms. The molecule has 1 N–H and O–H groups in total. The molecule has 1 aliphatic heterocycles. The second kappa shape index (κ2) is 11.1. The topological polar surface area (TPSA) is 66.3 Å². The molecule has 1 unspecified atom stereocenters. The average Bonchev–Trinajstić information content (AvgIpc) is 3.56. The lowest BCUT2D eigenvalue weighted by Gasteiger charge is -2.22. The summed E-state index contributed by atoms with van der Waals surface area (Å²) >= 11 is 0. The molecule has 0 aliphatic carbocycles. The number of amides is 1. The minimum Gasteiger partial charge on any atom is -0.307 e. The van der Waals surface area contributed by atoms with Gasteiger partial charge in [-0.1, -0.05) is 24.3 Å². The van der Waals surface area contributed by atoms with E-state index >= 15 is 0 Å². The smallest absolute Gasteiger partial charge is 0.307 e. The highest BCUT2D eigenvalue weighted by molar-refractivity contribution is 6.04. The number of fused-ring (bicyclic) bond motifs is 1. The second-order valence-corrected chi connectivity index (χ2v) is 10.2. The Morgan fingerprint density at radius 1 is 1.15 bits per heavy atom.